The molecule has 168 valence electrons. The van der Waals surface area contributed by atoms with Crippen LogP contribution in [-0.4, -0.2) is 37.3 Å². The van der Waals surface area contributed by atoms with Crippen LogP contribution in [0.4, 0.5) is 0 Å². The van der Waals surface area contributed by atoms with Crippen molar-refractivity contribution in [1.82, 2.24) is 10.9 Å². The zero-order valence-electron chi connectivity index (χ0n) is 17.8. The first-order valence-electron chi connectivity index (χ1n) is 9.83. The van der Waals surface area contributed by atoms with Crippen molar-refractivity contribution < 1.29 is 23.9 Å². The molecule has 9 nitrogen and oxygen atoms in total. The number of methoxy groups -OCH3 is 1. The van der Waals surface area contributed by atoms with Crippen LogP contribution in [0, 0.1) is 5.41 Å². The van der Waals surface area contributed by atoms with Crippen LogP contribution in [0.1, 0.15) is 26.3 Å². The molecule has 0 atom stereocenters. The van der Waals surface area contributed by atoms with Gasteiger partial charge in [0, 0.05) is 11.1 Å². The first-order valence-corrected chi connectivity index (χ1v) is 9.83. The standard InChI is InChI=1S/C24H22N4O5/c1-32-21(29)14-33-18-10-7-16(8-11-18)23(30)27-28-24(31)19-12-9-17(13-20(19)22(25)26)15-5-3-2-4-6-15/h2-13H,14H2,1H3,(H3,25,26)(H,27,30)(H,28,31). The summed E-state index contributed by atoms with van der Waals surface area (Å²) in [5, 5.41) is 7.84. The number of hydrogen-bond acceptors (Lipinski definition) is 6. The third-order valence-electron chi connectivity index (χ3n) is 4.65. The van der Waals surface area contributed by atoms with Crippen LogP contribution >= 0.6 is 0 Å². The van der Waals surface area contributed by atoms with Crippen LogP contribution in [0.5, 0.6) is 5.75 Å². The lowest BCUT2D eigenvalue weighted by Gasteiger charge is -2.12. The predicted molar refractivity (Wildman–Crippen MR) is 122 cm³/mol. The van der Waals surface area contributed by atoms with Gasteiger partial charge in [-0.2, -0.15) is 0 Å². The molecule has 2 amide bonds. The average Bonchev–Trinajstić information content (AvgIpc) is 2.86. The van der Waals surface area contributed by atoms with E-state index in [1.807, 2.05) is 30.3 Å². The van der Waals surface area contributed by atoms with Gasteiger partial charge in [-0.15, -0.1) is 0 Å². The number of amidine groups is 1. The summed E-state index contributed by atoms with van der Waals surface area (Å²) >= 11 is 0. The zero-order chi connectivity index (χ0) is 23.8. The van der Waals surface area contributed by atoms with Crippen molar-refractivity contribution >= 4 is 23.6 Å². The Morgan fingerprint density at radius 3 is 2.15 bits per heavy atom. The molecule has 3 rings (SSSR count). The molecule has 5 N–H and O–H groups in total. The van der Waals surface area contributed by atoms with Gasteiger partial charge in [-0.25, -0.2) is 4.79 Å². The van der Waals surface area contributed by atoms with Crippen LogP contribution < -0.4 is 21.3 Å². The van der Waals surface area contributed by atoms with Crippen LogP contribution in [0.15, 0.2) is 72.8 Å². The Bertz CT molecular complexity index is 1180. The highest BCUT2D eigenvalue weighted by Gasteiger charge is 2.16. The van der Waals surface area contributed by atoms with Crippen molar-refractivity contribution in [3.8, 4) is 16.9 Å². The molecule has 0 aliphatic heterocycles. The van der Waals surface area contributed by atoms with Crippen LogP contribution in [-0.2, 0) is 9.53 Å². The monoisotopic (exact) mass is 446 g/mol. The summed E-state index contributed by atoms with van der Waals surface area (Å²) in [7, 11) is 1.25. The second-order valence-electron chi connectivity index (χ2n) is 6.84. The second-order valence-corrected chi connectivity index (χ2v) is 6.84. The summed E-state index contributed by atoms with van der Waals surface area (Å²) in [6.45, 7) is -0.250. The van der Waals surface area contributed by atoms with E-state index in [9.17, 15) is 14.4 Å². The smallest absolute Gasteiger partial charge is 0.343 e. The van der Waals surface area contributed by atoms with E-state index in [0.717, 1.165) is 11.1 Å². The van der Waals surface area contributed by atoms with E-state index >= 15 is 0 Å². The van der Waals surface area contributed by atoms with E-state index in [-0.39, 0.29) is 29.1 Å². The number of hydrazine groups is 1. The number of carbonyl (C=O) groups excluding carboxylic acids is 3. The number of hydrogen-bond donors (Lipinski definition) is 4. The lowest BCUT2D eigenvalue weighted by atomic mass is 9.98. The van der Waals surface area contributed by atoms with Crippen molar-refractivity contribution in [3.05, 3.63) is 89.5 Å². The topological polar surface area (TPSA) is 144 Å². The largest absolute Gasteiger partial charge is 0.482 e. The van der Waals surface area contributed by atoms with Gasteiger partial charge in [-0.3, -0.25) is 25.8 Å². The Morgan fingerprint density at radius 2 is 1.52 bits per heavy atom. The highest BCUT2D eigenvalue weighted by molar-refractivity contribution is 6.09. The highest BCUT2D eigenvalue weighted by atomic mass is 16.6. The molecule has 0 fully saturated rings. The highest BCUT2D eigenvalue weighted by Crippen LogP contribution is 2.22. The number of carbonyl (C=O) groups is 3. The van der Waals surface area contributed by atoms with Gasteiger partial charge in [0.05, 0.1) is 12.7 Å². The Kier molecular flexibility index (Phi) is 7.38. The van der Waals surface area contributed by atoms with Gasteiger partial charge in [0.2, 0.25) is 0 Å². The minimum absolute atomic E-state index is 0.147. The van der Waals surface area contributed by atoms with Crippen LogP contribution in [0.2, 0.25) is 0 Å². The number of benzene rings is 3. The van der Waals surface area contributed by atoms with E-state index in [2.05, 4.69) is 15.6 Å². The van der Waals surface area contributed by atoms with Gasteiger partial charge in [0.15, 0.2) is 6.61 Å². The van der Waals surface area contributed by atoms with Gasteiger partial charge in [-0.1, -0.05) is 36.4 Å². The fourth-order valence-corrected chi connectivity index (χ4v) is 2.93. The summed E-state index contributed by atoms with van der Waals surface area (Å²) in [6.07, 6.45) is 0. The van der Waals surface area contributed by atoms with Gasteiger partial charge in [-0.05, 0) is 47.5 Å². The van der Waals surface area contributed by atoms with E-state index in [1.165, 1.54) is 31.4 Å². The molecule has 3 aromatic carbocycles. The quantitative estimate of drug-likeness (QED) is 0.190. The Balaban J connectivity index is 1.66. The minimum atomic E-state index is -0.619. The molecule has 9 heteroatoms. The molecule has 0 aliphatic rings. The number of nitrogen functional groups attached to an aromatic ring is 1. The molecule has 0 radical (unpaired) electrons. The molecule has 0 heterocycles. The van der Waals surface area contributed by atoms with Gasteiger partial charge < -0.3 is 15.2 Å². The summed E-state index contributed by atoms with van der Waals surface area (Å²) in [6, 6.07) is 20.4. The molecule has 3 aromatic rings. The number of esters is 1. The Morgan fingerprint density at radius 1 is 0.848 bits per heavy atom. The normalized spacial score (nSPS) is 10.1. The third-order valence-corrected chi connectivity index (χ3v) is 4.65. The van der Waals surface area contributed by atoms with E-state index in [1.54, 1.807) is 18.2 Å². The van der Waals surface area contributed by atoms with E-state index < -0.39 is 17.8 Å². The SMILES string of the molecule is COC(=O)COc1ccc(C(=O)NNC(=O)c2ccc(-c3ccccc3)cc2C(=N)N)cc1. The molecule has 0 spiro atoms. The first kappa shape index (κ1) is 23.0. The molecular formula is C24H22N4O5. The Labute approximate surface area is 190 Å². The number of nitrogens with one attached hydrogen (secondary N) is 3. The molecule has 0 aromatic heterocycles. The summed E-state index contributed by atoms with van der Waals surface area (Å²) < 4.78 is 9.71. The fraction of sp³-hybridized carbons (Fsp3) is 0.0833. The number of rotatable bonds is 7. The molecule has 33 heavy (non-hydrogen) atoms. The molecular weight excluding hydrogens is 424 g/mol. The van der Waals surface area contributed by atoms with Crippen LogP contribution in [0.25, 0.3) is 11.1 Å². The van der Waals surface area contributed by atoms with Crippen molar-refractivity contribution in [3.63, 3.8) is 0 Å². The van der Waals surface area contributed by atoms with Crippen LogP contribution in [0.3, 0.4) is 0 Å². The van der Waals surface area contributed by atoms with Gasteiger partial charge in [0.25, 0.3) is 11.8 Å². The first-order chi connectivity index (χ1) is 15.9. The summed E-state index contributed by atoms with van der Waals surface area (Å²) in [5.41, 5.74) is 12.7. The number of amides is 2. The lowest BCUT2D eigenvalue weighted by Crippen LogP contribution is -2.42. The van der Waals surface area contributed by atoms with Crippen molar-refractivity contribution in [2.24, 2.45) is 5.73 Å². The molecule has 0 unspecified atom stereocenters. The average molecular weight is 446 g/mol. The minimum Gasteiger partial charge on any atom is -0.482 e. The molecule has 0 saturated carbocycles. The maximum atomic E-state index is 12.6. The van der Waals surface area contributed by atoms with Gasteiger partial charge in [0.1, 0.15) is 11.6 Å². The van der Waals surface area contributed by atoms with Crippen molar-refractivity contribution in [2.45, 2.75) is 0 Å². The Hall–Kier alpha value is -4.66. The fourth-order valence-electron chi connectivity index (χ4n) is 2.93. The third kappa shape index (κ3) is 5.95. The zero-order valence-corrected chi connectivity index (χ0v) is 17.8. The summed E-state index contributed by atoms with van der Waals surface area (Å²) in [5.74, 6) is -1.60. The maximum Gasteiger partial charge on any atom is 0.343 e. The van der Waals surface area contributed by atoms with E-state index in [4.69, 9.17) is 15.9 Å². The number of nitrogens with two attached hydrogens (primary N) is 1. The van der Waals surface area contributed by atoms with Crippen molar-refractivity contribution in [1.29, 1.82) is 5.41 Å². The maximum absolute atomic E-state index is 12.6. The molecule has 0 aliphatic carbocycles. The molecule has 0 bridgehead atoms. The lowest BCUT2D eigenvalue weighted by molar-refractivity contribution is -0.142. The van der Waals surface area contributed by atoms with E-state index in [0.29, 0.717) is 5.75 Å². The van der Waals surface area contributed by atoms with Gasteiger partial charge >= 0.3 is 5.97 Å². The molecule has 0 saturated heterocycles. The second kappa shape index (κ2) is 10.6. The predicted octanol–water partition coefficient (Wildman–Crippen LogP) is 2.26. The summed E-state index contributed by atoms with van der Waals surface area (Å²) in [4.78, 5) is 36.1. The number of ether oxygens (including phenoxy) is 2. The van der Waals surface area contributed by atoms with Crippen molar-refractivity contribution in [2.75, 3.05) is 13.7 Å².